The Balaban J connectivity index is 2.11. The first-order valence-electron chi connectivity index (χ1n) is 8.70. The molecule has 0 fully saturated rings. The van der Waals surface area contributed by atoms with Gasteiger partial charge in [0.25, 0.3) is 0 Å². The normalized spacial score (nSPS) is 13.3. The van der Waals surface area contributed by atoms with Crippen LogP contribution in [-0.2, 0) is 0 Å². The minimum absolute atomic E-state index is 0.249. The Morgan fingerprint density at radius 3 is 1.81 bits per heavy atom. The standard InChI is InChI=1S/C24H17F3/c1-16-12-13-19-15-21(24(25,26)27)23(20(19)14-16)22(17-8-4-2-5-9-17)18-10-6-3-7-11-18/h2-15H,1H3. The van der Waals surface area contributed by atoms with Gasteiger partial charge in [-0.15, -0.1) is 0 Å². The van der Waals surface area contributed by atoms with Gasteiger partial charge in [0.2, 0.25) is 0 Å². The smallest absolute Gasteiger partial charge is 0.166 e. The van der Waals surface area contributed by atoms with Crippen molar-refractivity contribution in [2.24, 2.45) is 0 Å². The minimum atomic E-state index is -4.43. The van der Waals surface area contributed by atoms with Gasteiger partial charge in [-0.2, -0.15) is 13.2 Å². The van der Waals surface area contributed by atoms with Crippen LogP contribution in [-0.4, -0.2) is 6.18 Å². The molecule has 0 nitrogen and oxygen atoms in total. The Morgan fingerprint density at radius 1 is 0.741 bits per heavy atom. The van der Waals surface area contributed by atoms with Gasteiger partial charge in [-0.25, -0.2) is 0 Å². The van der Waals surface area contributed by atoms with Gasteiger partial charge in [0.15, 0.2) is 0 Å². The molecule has 0 heterocycles. The van der Waals surface area contributed by atoms with Crippen LogP contribution in [0.25, 0.3) is 17.2 Å². The van der Waals surface area contributed by atoms with Crippen molar-refractivity contribution < 1.29 is 13.2 Å². The number of fused-ring (bicyclic) bond motifs is 1. The second-order valence-electron chi connectivity index (χ2n) is 6.63. The van der Waals surface area contributed by atoms with Gasteiger partial charge in [0.1, 0.15) is 0 Å². The number of benzene rings is 3. The number of alkyl halides is 3. The Hall–Kier alpha value is -3.07. The molecule has 1 aliphatic carbocycles. The summed E-state index contributed by atoms with van der Waals surface area (Å²) in [4.78, 5) is 0. The largest absolute Gasteiger partial charge is 0.417 e. The number of aryl methyl sites for hydroxylation is 1. The van der Waals surface area contributed by atoms with E-state index in [1.807, 2.05) is 79.7 Å². The van der Waals surface area contributed by atoms with Gasteiger partial charge < -0.3 is 0 Å². The summed E-state index contributed by atoms with van der Waals surface area (Å²) in [5.74, 6) is 0. The summed E-state index contributed by atoms with van der Waals surface area (Å²) in [6.45, 7) is 1.90. The molecule has 0 bridgehead atoms. The molecule has 134 valence electrons. The average molecular weight is 362 g/mol. The zero-order chi connectivity index (χ0) is 19.0. The van der Waals surface area contributed by atoms with Crippen molar-refractivity contribution in [2.75, 3.05) is 0 Å². The van der Waals surface area contributed by atoms with Crippen molar-refractivity contribution in [3.05, 3.63) is 112 Å². The lowest BCUT2D eigenvalue weighted by Crippen LogP contribution is -2.12. The van der Waals surface area contributed by atoms with Crippen molar-refractivity contribution >= 4 is 17.2 Å². The lowest BCUT2D eigenvalue weighted by molar-refractivity contribution is -0.0859. The van der Waals surface area contributed by atoms with E-state index in [4.69, 9.17) is 0 Å². The number of halogens is 3. The van der Waals surface area contributed by atoms with Gasteiger partial charge in [0.05, 0.1) is 5.57 Å². The maximum absolute atomic E-state index is 14.0. The fraction of sp³-hybridized carbons (Fsp3) is 0.0833. The molecule has 4 rings (SSSR count). The summed E-state index contributed by atoms with van der Waals surface area (Å²) in [5.41, 5.74) is 3.96. The van der Waals surface area contributed by atoms with Crippen molar-refractivity contribution in [2.45, 2.75) is 13.1 Å². The molecule has 0 aromatic heterocycles. The first kappa shape index (κ1) is 17.3. The second-order valence-corrected chi connectivity index (χ2v) is 6.63. The Bertz CT molecular complexity index is 998. The van der Waals surface area contributed by atoms with Crippen LogP contribution in [0.3, 0.4) is 0 Å². The number of hydrogen-bond donors (Lipinski definition) is 0. The predicted molar refractivity (Wildman–Crippen MR) is 104 cm³/mol. The summed E-state index contributed by atoms with van der Waals surface area (Å²) >= 11 is 0. The molecule has 3 heteroatoms. The van der Waals surface area contributed by atoms with Crippen molar-refractivity contribution in [3.63, 3.8) is 0 Å². The van der Waals surface area contributed by atoms with E-state index in [0.29, 0.717) is 16.7 Å². The van der Waals surface area contributed by atoms with Gasteiger partial charge in [-0.3, -0.25) is 0 Å². The highest BCUT2D eigenvalue weighted by Crippen LogP contribution is 2.49. The maximum atomic E-state index is 14.0. The van der Waals surface area contributed by atoms with Crippen LogP contribution < -0.4 is 0 Å². The van der Waals surface area contributed by atoms with E-state index in [-0.39, 0.29) is 5.57 Å². The van der Waals surface area contributed by atoms with E-state index in [1.165, 1.54) is 6.08 Å². The maximum Gasteiger partial charge on any atom is 0.417 e. The van der Waals surface area contributed by atoms with Crippen LogP contribution in [0, 0.1) is 6.92 Å². The topological polar surface area (TPSA) is 0 Å². The Labute approximate surface area is 156 Å². The quantitative estimate of drug-likeness (QED) is 0.464. The lowest BCUT2D eigenvalue weighted by Gasteiger charge is -2.18. The summed E-state index contributed by atoms with van der Waals surface area (Å²) in [6.07, 6.45) is -3.17. The average Bonchev–Trinajstić information content (AvgIpc) is 3.03. The van der Waals surface area contributed by atoms with Crippen molar-refractivity contribution in [1.82, 2.24) is 0 Å². The van der Waals surface area contributed by atoms with E-state index in [1.54, 1.807) is 6.07 Å². The highest BCUT2D eigenvalue weighted by Gasteiger charge is 2.41. The van der Waals surface area contributed by atoms with E-state index in [2.05, 4.69) is 0 Å². The number of allylic oxidation sites excluding steroid dienone is 2. The van der Waals surface area contributed by atoms with E-state index in [0.717, 1.165) is 16.7 Å². The third-order valence-electron chi connectivity index (χ3n) is 4.73. The van der Waals surface area contributed by atoms with Crippen LogP contribution in [0.2, 0.25) is 0 Å². The molecule has 3 aromatic carbocycles. The summed E-state index contributed by atoms with van der Waals surface area (Å²) in [5, 5.41) is 0. The Morgan fingerprint density at radius 2 is 1.30 bits per heavy atom. The predicted octanol–water partition coefficient (Wildman–Crippen LogP) is 6.91. The molecule has 0 N–H and O–H groups in total. The fourth-order valence-electron chi connectivity index (χ4n) is 3.54. The SMILES string of the molecule is Cc1ccc2c(c1)C(=C(c1ccccc1)c1ccccc1)C(C(F)(F)F)=C2. The van der Waals surface area contributed by atoms with Crippen molar-refractivity contribution in [3.8, 4) is 0 Å². The molecular formula is C24H17F3. The number of rotatable bonds is 2. The summed E-state index contributed by atoms with van der Waals surface area (Å²) in [7, 11) is 0. The third-order valence-corrected chi connectivity index (χ3v) is 4.73. The zero-order valence-electron chi connectivity index (χ0n) is 14.7. The van der Waals surface area contributed by atoms with Crippen LogP contribution in [0.5, 0.6) is 0 Å². The number of hydrogen-bond acceptors (Lipinski definition) is 0. The Kier molecular flexibility index (Phi) is 4.23. The summed E-state index contributed by atoms with van der Waals surface area (Å²) in [6, 6.07) is 24.0. The first-order chi connectivity index (χ1) is 12.9. The molecule has 3 aromatic rings. The molecule has 1 aliphatic rings. The molecule has 0 radical (unpaired) electrons. The molecule has 0 unspecified atom stereocenters. The minimum Gasteiger partial charge on any atom is -0.166 e. The van der Waals surface area contributed by atoms with Crippen LogP contribution in [0.1, 0.15) is 27.8 Å². The lowest BCUT2D eigenvalue weighted by atomic mass is 9.87. The van der Waals surface area contributed by atoms with E-state index in [9.17, 15) is 13.2 Å². The van der Waals surface area contributed by atoms with Crippen molar-refractivity contribution in [1.29, 1.82) is 0 Å². The molecule has 0 amide bonds. The van der Waals surface area contributed by atoms with Gasteiger partial charge in [-0.05, 0) is 40.8 Å². The molecule has 0 spiro atoms. The highest BCUT2D eigenvalue weighted by molar-refractivity contribution is 6.11. The van der Waals surface area contributed by atoms with Crippen LogP contribution in [0.15, 0.2) is 84.4 Å². The molecule has 0 saturated carbocycles. The van der Waals surface area contributed by atoms with Gasteiger partial charge >= 0.3 is 6.18 Å². The fourth-order valence-corrected chi connectivity index (χ4v) is 3.54. The van der Waals surface area contributed by atoms with E-state index >= 15 is 0 Å². The monoisotopic (exact) mass is 362 g/mol. The summed E-state index contributed by atoms with van der Waals surface area (Å²) < 4.78 is 41.9. The van der Waals surface area contributed by atoms with Gasteiger partial charge in [-0.1, -0.05) is 84.4 Å². The van der Waals surface area contributed by atoms with Crippen LogP contribution >= 0.6 is 0 Å². The molecule has 27 heavy (non-hydrogen) atoms. The second kappa shape index (κ2) is 6.58. The first-order valence-corrected chi connectivity index (χ1v) is 8.70. The highest BCUT2D eigenvalue weighted by atomic mass is 19.4. The third kappa shape index (κ3) is 3.21. The molecular weight excluding hydrogens is 345 g/mol. The van der Waals surface area contributed by atoms with E-state index < -0.39 is 11.7 Å². The molecule has 0 saturated heterocycles. The molecule has 0 aliphatic heterocycles. The van der Waals surface area contributed by atoms with Gasteiger partial charge in [0, 0.05) is 5.57 Å². The molecule has 0 atom stereocenters. The zero-order valence-corrected chi connectivity index (χ0v) is 14.7. The van der Waals surface area contributed by atoms with Crippen LogP contribution in [0.4, 0.5) is 13.2 Å².